The molecule has 1 spiro atoms. The summed E-state index contributed by atoms with van der Waals surface area (Å²) in [4.78, 5) is 0. The zero-order valence-corrected chi connectivity index (χ0v) is 9.23. The number of hydrogen-bond donors (Lipinski definition) is 0. The minimum atomic E-state index is 0.317. The van der Waals surface area contributed by atoms with Gasteiger partial charge in [-0.15, -0.1) is 0 Å². The Bertz CT molecular complexity index is 193. The van der Waals surface area contributed by atoms with E-state index in [0.717, 1.165) is 12.5 Å². The van der Waals surface area contributed by atoms with Gasteiger partial charge >= 0.3 is 0 Å². The zero-order valence-electron chi connectivity index (χ0n) is 9.23. The van der Waals surface area contributed by atoms with Crippen LogP contribution in [0.3, 0.4) is 0 Å². The first kappa shape index (κ1) is 9.51. The Kier molecular flexibility index (Phi) is 2.18. The topological polar surface area (TPSA) is 9.23 Å². The van der Waals surface area contributed by atoms with Crippen molar-refractivity contribution >= 4 is 0 Å². The number of rotatable bonds is 1. The maximum absolute atomic E-state index is 5.95. The SMILES string of the molecule is CC(C)[C@]1(C)CCOC2(CCC2)C1. The second-order valence-corrected chi connectivity index (χ2v) is 5.62. The fourth-order valence-electron chi connectivity index (χ4n) is 2.76. The second kappa shape index (κ2) is 2.98. The molecule has 0 N–H and O–H groups in total. The van der Waals surface area contributed by atoms with Gasteiger partial charge in [0.05, 0.1) is 5.60 Å². The summed E-state index contributed by atoms with van der Waals surface area (Å²) in [6, 6.07) is 0. The third-order valence-corrected chi connectivity index (χ3v) is 4.47. The van der Waals surface area contributed by atoms with Crippen LogP contribution < -0.4 is 0 Å². The van der Waals surface area contributed by atoms with E-state index in [1.165, 1.54) is 32.1 Å². The maximum Gasteiger partial charge on any atom is 0.0687 e. The molecule has 1 nitrogen and oxygen atoms in total. The van der Waals surface area contributed by atoms with Gasteiger partial charge in [0.15, 0.2) is 0 Å². The molecule has 2 rings (SSSR count). The van der Waals surface area contributed by atoms with Crippen LogP contribution in [0.15, 0.2) is 0 Å². The molecule has 0 aromatic rings. The monoisotopic (exact) mass is 182 g/mol. The summed E-state index contributed by atoms with van der Waals surface area (Å²) in [5.74, 6) is 0.800. The molecule has 1 heterocycles. The molecule has 1 heteroatoms. The van der Waals surface area contributed by atoms with Crippen LogP contribution in [0.4, 0.5) is 0 Å². The summed E-state index contributed by atoms with van der Waals surface area (Å²) in [6.07, 6.45) is 6.57. The largest absolute Gasteiger partial charge is 0.375 e. The molecule has 0 amide bonds. The van der Waals surface area contributed by atoms with Crippen LogP contribution >= 0.6 is 0 Å². The third-order valence-electron chi connectivity index (χ3n) is 4.47. The summed E-state index contributed by atoms with van der Waals surface area (Å²) < 4.78 is 5.95. The van der Waals surface area contributed by atoms with Crippen LogP contribution in [0, 0.1) is 11.3 Å². The van der Waals surface area contributed by atoms with Gasteiger partial charge in [-0.1, -0.05) is 20.8 Å². The summed E-state index contributed by atoms with van der Waals surface area (Å²) in [7, 11) is 0. The van der Waals surface area contributed by atoms with Crippen LogP contribution in [0.1, 0.15) is 52.9 Å². The van der Waals surface area contributed by atoms with E-state index in [1.54, 1.807) is 0 Å². The van der Waals surface area contributed by atoms with E-state index in [9.17, 15) is 0 Å². The first-order valence-corrected chi connectivity index (χ1v) is 5.70. The van der Waals surface area contributed by atoms with Crippen molar-refractivity contribution in [2.75, 3.05) is 6.61 Å². The average molecular weight is 182 g/mol. The Morgan fingerprint density at radius 1 is 1.15 bits per heavy atom. The lowest BCUT2D eigenvalue weighted by molar-refractivity contribution is -0.172. The molecule has 1 saturated carbocycles. The van der Waals surface area contributed by atoms with E-state index in [4.69, 9.17) is 4.74 Å². The molecule has 0 aromatic carbocycles. The molecule has 1 aliphatic heterocycles. The van der Waals surface area contributed by atoms with E-state index in [1.807, 2.05) is 0 Å². The average Bonchev–Trinajstić information content (AvgIpc) is 2.01. The predicted octanol–water partition coefficient (Wildman–Crippen LogP) is 3.38. The summed E-state index contributed by atoms with van der Waals surface area (Å²) in [6.45, 7) is 8.16. The highest BCUT2D eigenvalue weighted by molar-refractivity contribution is 4.98. The van der Waals surface area contributed by atoms with Crippen molar-refractivity contribution in [2.45, 2.75) is 58.5 Å². The van der Waals surface area contributed by atoms with Crippen molar-refractivity contribution in [3.05, 3.63) is 0 Å². The van der Waals surface area contributed by atoms with Gasteiger partial charge < -0.3 is 4.74 Å². The molecule has 2 aliphatic rings. The van der Waals surface area contributed by atoms with Gasteiger partial charge in [0.1, 0.15) is 0 Å². The molecule has 1 saturated heterocycles. The molecule has 1 atom stereocenters. The first-order chi connectivity index (χ1) is 6.06. The zero-order chi connectivity index (χ0) is 9.53. The third kappa shape index (κ3) is 1.52. The Morgan fingerprint density at radius 2 is 1.85 bits per heavy atom. The van der Waals surface area contributed by atoms with Crippen LogP contribution in [0.5, 0.6) is 0 Å². The number of ether oxygens (including phenoxy) is 1. The number of hydrogen-bond acceptors (Lipinski definition) is 1. The van der Waals surface area contributed by atoms with Crippen molar-refractivity contribution in [1.82, 2.24) is 0 Å². The fraction of sp³-hybridized carbons (Fsp3) is 1.00. The van der Waals surface area contributed by atoms with Crippen molar-refractivity contribution in [3.63, 3.8) is 0 Å². The summed E-state index contributed by atoms with van der Waals surface area (Å²) >= 11 is 0. The van der Waals surface area contributed by atoms with Gasteiger partial charge in [0.2, 0.25) is 0 Å². The molecule has 13 heavy (non-hydrogen) atoms. The van der Waals surface area contributed by atoms with Gasteiger partial charge in [-0.2, -0.15) is 0 Å². The van der Waals surface area contributed by atoms with Gasteiger partial charge in [-0.05, 0) is 43.4 Å². The molecule has 0 aromatic heterocycles. The van der Waals surface area contributed by atoms with E-state index in [2.05, 4.69) is 20.8 Å². The van der Waals surface area contributed by atoms with Crippen LogP contribution in [-0.2, 0) is 4.74 Å². The van der Waals surface area contributed by atoms with Crippen LogP contribution in [0.2, 0.25) is 0 Å². The normalized spacial score (nSPS) is 37.8. The highest BCUT2D eigenvalue weighted by Gasteiger charge is 2.47. The predicted molar refractivity (Wildman–Crippen MR) is 54.7 cm³/mol. The molecular weight excluding hydrogens is 160 g/mol. The van der Waals surface area contributed by atoms with Gasteiger partial charge in [-0.25, -0.2) is 0 Å². The summed E-state index contributed by atoms with van der Waals surface area (Å²) in [5.41, 5.74) is 0.857. The van der Waals surface area contributed by atoms with Gasteiger partial charge in [-0.3, -0.25) is 0 Å². The van der Waals surface area contributed by atoms with E-state index < -0.39 is 0 Å². The quantitative estimate of drug-likeness (QED) is 0.604. The standard InChI is InChI=1S/C12H22O/c1-10(2)11(3)7-8-13-12(9-11)5-4-6-12/h10H,4-9H2,1-3H3/t11-/m1/s1. The maximum atomic E-state index is 5.95. The van der Waals surface area contributed by atoms with Crippen molar-refractivity contribution in [1.29, 1.82) is 0 Å². The Labute approximate surface area is 81.9 Å². The van der Waals surface area contributed by atoms with E-state index >= 15 is 0 Å². The fourth-order valence-corrected chi connectivity index (χ4v) is 2.76. The second-order valence-electron chi connectivity index (χ2n) is 5.62. The smallest absolute Gasteiger partial charge is 0.0687 e. The lowest BCUT2D eigenvalue weighted by Crippen LogP contribution is -2.50. The molecular formula is C12H22O. The molecule has 1 aliphatic carbocycles. The minimum absolute atomic E-state index is 0.317. The highest BCUT2D eigenvalue weighted by atomic mass is 16.5. The van der Waals surface area contributed by atoms with Crippen molar-refractivity contribution in [3.8, 4) is 0 Å². The minimum Gasteiger partial charge on any atom is -0.375 e. The molecule has 0 radical (unpaired) electrons. The molecule has 0 bridgehead atoms. The lowest BCUT2D eigenvalue weighted by atomic mass is 9.62. The Hall–Kier alpha value is -0.0400. The molecule has 0 unspecified atom stereocenters. The van der Waals surface area contributed by atoms with Crippen molar-refractivity contribution in [2.24, 2.45) is 11.3 Å². The van der Waals surface area contributed by atoms with Crippen LogP contribution in [0.25, 0.3) is 0 Å². The lowest BCUT2D eigenvalue weighted by Gasteiger charge is -2.52. The van der Waals surface area contributed by atoms with E-state index in [0.29, 0.717) is 11.0 Å². The highest BCUT2D eigenvalue weighted by Crippen LogP contribution is 2.51. The van der Waals surface area contributed by atoms with Crippen LogP contribution in [-0.4, -0.2) is 12.2 Å². The molecule has 76 valence electrons. The van der Waals surface area contributed by atoms with Crippen molar-refractivity contribution < 1.29 is 4.74 Å². The van der Waals surface area contributed by atoms with E-state index in [-0.39, 0.29) is 0 Å². The molecule has 2 fully saturated rings. The Balaban J connectivity index is 2.06. The van der Waals surface area contributed by atoms with Gasteiger partial charge in [0, 0.05) is 6.61 Å². The first-order valence-electron chi connectivity index (χ1n) is 5.70. The Morgan fingerprint density at radius 3 is 2.31 bits per heavy atom. The van der Waals surface area contributed by atoms with Gasteiger partial charge in [0.25, 0.3) is 0 Å². The summed E-state index contributed by atoms with van der Waals surface area (Å²) in [5, 5.41) is 0.